The Hall–Kier alpha value is -1.46. The maximum Gasteiger partial charge on any atom is 0.482 e. The first-order valence-corrected chi connectivity index (χ1v) is 19.7. The topological polar surface area (TPSA) is 94.1 Å². The second-order valence-corrected chi connectivity index (χ2v) is 22.3. The molecule has 2 unspecified atom stereocenters. The summed E-state index contributed by atoms with van der Waals surface area (Å²) in [7, 11) is -2.89. The molecule has 1 aliphatic heterocycles. The number of carboxylic acid groups (broad SMARTS) is 1. The van der Waals surface area contributed by atoms with Crippen molar-refractivity contribution in [2.75, 3.05) is 0 Å². The third-order valence-corrected chi connectivity index (χ3v) is 16.3. The lowest BCUT2D eigenvalue weighted by atomic mass is 9.45. The van der Waals surface area contributed by atoms with Gasteiger partial charge < -0.3 is 24.2 Å². The number of nitrogens with one attached hydrogen (secondary N) is 1. The molecule has 43 heavy (non-hydrogen) atoms. The molecule has 240 valence electrons. The predicted octanol–water partition coefficient (Wildman–Crippen LogP) is 7.13. The van der Waals surface area contributed by atoms with E-state index in [4.69, 9.17) is 13.7 Å². The quantitative estimate of drug-likeness (QED) is 0.200. The molecule has 2 heterocycles. The Balaban J connectivity index is 1.59. The molecular formula is C33H54BNO6SSi. The molecule has 2 N–H and O–H groups in total. The van der Waals surface area contributed by atoms with Gasteiger partial charge in [-0.25, -0.2) is 0 Å². The third-order valence-electron chi connectivity index (χ3n) is 10.9. The van der Waals surface area contributed by atoms with Gasteiger partial charge in [-0.1, -0.05) is 73.6 Å². The van der Waals surface area contributed by atoms with Gasteiger partial charge in [-0.05, 0) is 78.4 Å². The lowest BCUT2D eigenvalue weighted by Gasteiger charge is -2.63. The number of carboxylic acids is 1. The average molecular weight is 632 g/mol. The molecule has 1 aromatic heterocycles. The molecule has 4 aliphatic rings. The Morgan fingerprint density at radius 2 is 1.91 bits per heavy atom. The first-order valence-electron chi connectivity index (χ1n) is 15.9. The van der Waals surface area contributed by atoms with Crippen molar-refractivity contribution in [1.29, 1.82) is 0 Å². The zero-order chi connectivity index (χ0) is 32.2. The highest BCUT2D eigenvalue weighted by Gasteiger charge is 2.67. The second-order valence-electron chi connectivity index (χ2n) is 16.5. The number of amides is 1. The molecule has 3 aliphatic carbocycles. The van der Waals surface area contributed by atoms with E-state index < -0.39 is 44.8 Å². The average Bonchev–Trinajstić information content (AvgIpc) is 3.47. The van der Waals surface area contributed by atoms with Gasteiger partial charge in [0.05, 0.1) is 36.1 Å². The Morgan fingerprint density at radius 1 is 1.23 bits per heavy atom. The molecule has 1 saturated heterocycles. The lowest BCUT2D eigenvalue weighted by Crippen LogP contribution is -2.63. The fraction of sp³-hybridized carbons (Fsp3) is 0.758. The lowest BCUT2D eigenvalue weighted by molar-refractivity contribution is -0.185. The van der Waals surface area contributed by atoms with Gasteiger partial charge in [0.1, 0.15) is 0 Å². The summed E-state index contributed by atoms with van der Waals surface area (Å²) in [5, 5.41) is 15.4. The number of hydrogen-bond donors (Lipinski definition) is 2. The number of aliphatic carboxylic acids is 1. The summed E-state index contributed by atoms with van der Waals surface area (Å²) in [6, 6.07) is 3.92. The van der Waals surface area contributed by atoms with E-state index in [1.807, 2.05) is 50.4 Å². The fourth-order valence-corrected chi connectivity index (χ4v) is 9.03. The van der Waals surface area contributed by atoms with E-state index in [9.17, 15) is 14.7 Å². The summed E-state index contributed by atoms with van der Waals surface area (Å²) in [5.74, 6) is -1.05. The first-order chi connectivity index (χ1) is 19.7. The van der Waals surface area contributed by atoms with Crippen LogP contribution < -0.4 is 5.32 Å². The van der Waals surface area contributed by atoms with E-state index in [1.165, 1.54) is 0 Å². The smallest absolute Gasteiger partial charge is 0.481 e. The van der Waals surface area contributed by atoms with Crippen molar-refractivity contribution in [3.05, 3.63) is 34.5 Å². The predicted molar refractivity (Wildman–Crippen MR) is 176 cm³/mol. The summed E-state index contributed by atoms with van der Waals surface area (Å²) in [6.45, 7) is 23.5. The van der Waals surface area contributed by atoms with Crippen LogP contribution in [0.15, 0.2) is 29.7 Å². The molecule has 0 aromatic carbocycles. The van der Waals surface area contributed by atoms with E-state index >= 15 is 0 Å². The molecule has 0 spiro atoms. The van der Waals surface area contributed by atoms with Crippen LogP contribution in [0.5, 0.6) is 0 Å². The van der Waals surface area contributed by atoms with Crippen LogP contribution in [0.2, 0.25) is 18.1 Å². The van der Waals surface area contributed by atoms with Gasteiger partial charge in [0.2, 0.25) is 5.91 Å². The van der Waals surface area contributed by atoms with Crippen LogP contribution in [0.25, 0.3) is 0 Å². The van der Waals surface area contributed by atoms with Gasteiger partial charge in [-0.15, -0.1) is 11.3 Å². The molecule has 4 fully saturated rings. The van der Waals surface area contributed by atoms with Crippen LogP contribution in [-0.2, 0) is 29.7 Å². The number of rotatable bonds is 11. The Labute approximate surface area is 264 Å². The van der Waals surface area contributed by atoms with Crippen molar-refractivity contribution in [3.8, 4) is 0 Å². The molecule has 7 nitrogen and oxygen atoms in total. The number of carbonyl (C=O) groups is 2. The second kappa shape index (κ2) is 12.0. The molecule has 3 saturated carbocycles. The zero-order valence-corrected chi connectivity index (χ0v) is 30.0. The largest absolute Gasteiger partial charge is 0.482 e. The number of thiophene rings is 1. The highest BCUT2D eigenvalue weighted by atomic mass is 32.1. The SMILES string of the molecule is CC(C)(C)C(C(=O)O)C(C=CC[C@@H](NC(=O)Cc1cccs1)B1O[C@@H]2[C@@H]3C[C@H](C[C@]2(C)O1)C3(C)C)O[Si](C)(C)C(C)(C)C. The van der Waals surface area contributed by atoms with Gasteiger partial charge in [0, 0.05) is 4.88 Å². The Kier molecular flexibility index (Phi) is 9.64. The molecule has 7 atom stereocenters. The van der Waals surface area contributed by atoms with Crippen molar-refractivity contribution in [3.63, 3.8) is 0 Å². The van der Waals surface area contributed by atoms with Gasteiger partial charge >= 0.3 is 13.1 Å². The highest BCUT2D eigenvalue weighted by molar-refractivity contribution is 7.10. The van der Waals surface area contributed by atoms with Crippen molar-refractivity contribution in [2.45, 2.75) is 130 Å². The summed E-state index contributed by atoms with van der Waals surface area (Å²) in [4.78, 5) is 26.8. The maximum atomic E-state index is 13.2. The van der Waals surface area contributed by atoms with E-state index in [2.05, 4.69) is 60.0 Å². The number of carbonyl (C=O) groups excluding carboxylic acids is 1. The van der Waals surface area contributed by atoms with Crippen molar-refractivity contribution >= 4 is 38.6 Å². The van der Waals surface area contributed by atoms with Crippen LogP contribution in [0, 0.1) is 28.6 Å². The standard InChI is InChI=1S/C33H54BNO6SSi/c1-30(2,3)27(29(37)38)24(40-43(10,11)31(4,5)6)15-12-16-25(35-26(36)19-22-14-13-17-42-22)34-39-28-23-18-21(32(23,7)8)20-33(28,9)41-34/h12-15,17,21,23-25,27-28H,16,18-20H2,1-11H3,(H,35,36)(H,37,38)/t21-,23+,24?,25-,27?,28-,33+/m1/s1. The van der Waals surface area contributed by atoms with Gasteiger partial charge in [0.25, 0.3) is 0 Å². The Bertz CT molecular complexity index is 1190. The monoisotopic (exact) mass is 631 g/mol. The van der Waals surface area contributed by atoms with E-state index in [1.54, 1.807) is 11.3 Å². The number of hydrogen-bond acceptors (Lipinski definition) is 6. The molecular weight excluding hydrogens is 577 g/mol. The fourth-order valence-electron chi connectivity index (χ4n) is 7.08. The molecule has 1 amide bonds. The third kappa shape index (κ3) is 7.19. The Morgan fingerprint density at radius 3 is 2.44 bits per heavy atom. The molecule has 5 rings (SSSR count). The molecule has 10 heteroatoms. The molecule has 2 bridgehead atoms. The summed E-state index contributed by atoms with van der Waals surface area (Å²) >= 11 is 1.56. The van der Waals surface area contributed by atoms with Crippen molar-refractivity contribution in [2.24, 2.45) is 28.6 Å². The molecule has 1 aromatic rings. The first kappa shape index (κ1) is 34.4. The summed E-state index contributed by atoms with van der Waals surface area (Å²) in [6.07, 6.45) is 6.11. The van der Waals surface area contributed by atoms with Gasteiger partial charge in [0.15, 0.2) is 8.32 Å². The van der Waals surface area contributed by atoms with Gasteiger partial charge in [-0.3, -0.25) is 9.59 Å². The van der Waals surface area contributed by atoms with Crippen LogP contribution in [0.1, 0.15) is 86.5 Å². The minimum absolute atomic E-state index is 0.00914. The molecule has 0 radical (unpaired) electrons. The van der Waals surface area contributed by atoms with Crippen LogP contribution in [0.4, 0.5) is 0 Å². The van der Waals surface area contributed by atoms with Gasteiger partial charge in [-0.2, -0.15) is 0 Å². The van der Waals surface area contributed by atoms with Crippen LogP contribution in [-0.4, -0.2) is 56.2 Å². The normalized spacial score (nSPS) is 29.1. The zero-order valence-electron chi connectivity index (χ0n) is 28.2. The van der Waals surface area contributed by atoms with E-state index in [0.717, 1.165) is 17.7 Å². The minimum atomic E-state index is -2.30. The maximum absolute atomic E-state index is 13.2. The summed E-state index contributed by atoms with van der Waals surface area (Å²) in [5.41, 5.74) is -0.663. The van der Waals surface area contributed by atoms with E-state index in [0.29, 0.717) is 24.7 Å². The van der Waals surface area contributed by atoms with Crippen molar-refractivity contribution in [1.82, 2.24) is 5.32 Å². The highest BCUT2D eigenvalue weighted by Crippen LogP contribution is 2.64. The van der Waals surface area contributed by atoms with Crippen molar-refractivity contribution < 1.29 is 28.4 Å². The van der Waals surface area contributed by atoms with Crippen LogP contribution >= 0.6 is 11.3 Å². The van der Waals surface area contributed by atoms with Crippen LogP contribution in [0.3, 0.4) is 0 Å². The summed E-state index contributed by atoms with van der Waals surface area (Å²) < 4.78 is 20.1. The van der Waals surface area contributed by atoms with E-state index in [-0.39, 0.29) is 28.1 Å². The minimum Gasteiger partial charge on any atom is -0.481 e.